The highest BCUT2D eigenvalue weighted by Gasteiger charge is 2.41. The summed E-state index contributed by atoms with van der Waals surface area (Å²) in [5, 5.41) is 2.39. The molecule has 1 aliphatic heterocycles. The number of carbonyl (C=O) groups excluding carboxylic acids is 1. The largest absolute Gasteiger partial charge is 0.412 e. The van der Waals surface area contributed by atoms with E-state index in [-0.39, 0.29) is 12.1 Å². The van der Waals surface area contributed by atoms with Crippen LogP contribution in [0.15, 0.2) is 24.3 Å². The van der Waals surface area contributed by atoms with Crippen molar-refractivity contribution < 1.29 is 22.7 Å². The molecule has 4 nitrogen and oxygen atoms in total. The predicted octanol–water partition coefficient (Wildman–Crippen LogP) is 2.39. The van der Waals surface area contributed by atoms with Gasteiger partial charge in [-0.2, -0.15) is 13.2 Å². The zero-order valence-electron chi connectivity index (χ0n) is 11.7. The van der Waals surface area contributed by atoms with Crippen molar-refractivity contribution >= 4 is 17.5 Å². The van der Waals surface area contributed by atoms with Gasteiger partial charge in [0, 0.05) is 18.1 Å². The highest BCUT2D eigenvalue weighted by molar-refractivity contribution is 6.30. The molecule has 1 aromatic rings. The van der Waals surface area contributed by atoms with Gasteiger partial charge in [-0.05, 0) is 17.7 Å². The van der Waals surface area contributed by atoms with Crippen LogP contribution in [0.25, 0.3) is 0 Å². The van der Waals surface area contributed by atoms with E-state index in [2.05, 4.69) is 5.32 Å². The van der Waals surface area contributed by atoms with Gasteiger partial charge in [0.1, 0.15) is 0 Å². The third kappa shape index (κ3) is 4.86. The number of amides is 1. The number of benzene rings is 1. The number of rotatable bonds is 4. The van der Waals surface area contributed by atoms with E-state index in [1.54, 1.807) is 4.90 Å². The molecule has 1 heterocycles. The fourth-order valence-corrected chi connectivity index (χ4v) is 2.30. The number of halogens is 4. The standard InChI is InChI=1S/C14H16ClF3N2O2/c15-11-3-1-10(2-4-11)13(14(16,17)18)19-12(21)9-20-5-7-22-8-6-20/h1-4,13H,5-9H2,(H,19,21). The maximum Gasteiger partial charge on any atom is 0.412 e. The fourth-order valence-electron chi connectivity index (χ4n) is 2.18. The average Bonchev–Trinajstić information content (AvgIpc) is 2.46. The topological polar surface area (TPSA) is 41.6 Å². The molecule has 0 radical (unpaired) electrons. The average molecular weight is 337 g/mol. The Balaban J connectivity index is 2.03. The molecule has 1 aliphatic rings. The van der Waals surface area contributed by atoms with Crippen LogP contribution in [-0.2, 0) is 9.53 Å². The molecule has 2 rings (SSSR count). The first-order valence-electron chi connectivity index (χ1n) is 6.78. The van der Waals surface area contributed by atoms with E-state index in [1.807, 2.05) is 0 Å². The molecule has 0 aromatic heterocycles. The first kappa shape index (κ1) is 17.1. The summed E-state index contributed by atoms with van der Waals surface area (Å²) in [6.07, 6.45) is -4.57. The van der Waals surface area contributed by atoms with Crippen LogP contribution in [0.2, 0.25) is 5.02 Å². The number of nitrogens with one attached hydrogen (secondary N) is 1. The Bertz CT molecular complexity index is 502. The molecule has 0 bridgehead atoms. The highest BCUT2D eigenvalue weighted by atomic mass is 35.5. The van der Waals surface area contributed by atoms with Gasteiger partial charge in [0.25, 0.3) is 0 Å². The Morgan fingerprint density at radius 1 is 1.27 bits per heavy atom. The molecule has 1 aromatic carbocycles. The summed E-state index contributed by atoms with van der Waals surface area (Å²) in [6, 6.07) is 3.21. The van der Waals surface area contributed by atoms with Gasteiger partial charge in [0.15, 0.2) is 6.04 Å². The normalized spacial score (nSPS) is 18.0. The third-order valence-electron chi connectivity index (χ3n) is 3.31. The van der Waals surface area contributed by atoms with E-state index in [1.165, 1.54) is 24.3 Å². The van der Waals surface area contributed by atoms with Crippen LogP contribution in [0.3, 0.4) is 0 Å². The number of carbonyl (C=O) groups is 1. The smallest absolute Gasteiger partial charge is 0.379 e. The Hall–Kier alpha value is -1.31. The number of hydrogen-bond acceptors (Lipinski definition) is 3. The highest BCUT2D eigenvalue weighted by Crippen LogP contribution is 2.33. The second-order valence-electron chi connectivity index (χ2n) is 4.98. The molecule has 122 valence electrons. The van der Waals surface area contributed by atoms with Crippen molar-refractivity contribution in [3.05, 3.63) is 34.9 Å². The van der Waals surface area contributed by atoms with Crippen molar-refractivity contribution in [2.45, 2.75) is 12.2 Å². The summed E-state index contributed by atoms with van der Waals surface area (Å²) in [5.41, 5.74) is -0.0489. The zero-order valence-corrected chi connectivity index (χ0v) is 12.5. The number of morpholine rings is 1. The summed E-state index contributed by atoms with van der Waals surface area (Å²) >= 11 is 5.68. The first-order chi connectivity index (χ1) is 10.4. The minimum atomic E-state index is -4.57. The minimum Gasteiger partial charge on any atom is -0.379 e. The number of alkyl halides is 3. The minimum absolute atomic E-state index is 0.0489. The first-order valence-corrected chi connectivity index (χ1v) is 7.15. The van der Waals surface area contributed by atoms with Gasteiger partial charge in [-0.3, -0.25) is 9.69 Å². The quantitative estimate of drug-likeness (QED) is 0.918. The van der Waals surface area contributed by atoms with Gasteiger partial charge in [0.05, 0.1) is 19.8 Å². The molecule has 0 saturated carbocycles. The van der Waals surface area contributed by atoms with Crippen LogP contribution in [0.5, 0.6) is 0 Å². The lowest BCUT2D eigenvalue weighted by atomic mass is 10.1. The van der Waals surface area contributed by atoms with Gasteiger partial charge < -0.3 is 10.1 Å². The van der Waals surface area contributed by atoms with Gasteiger partial charge >= 0.3 is 6.18 Å². The van der Waals surface area contributed by atoms with Gasteiger partial charge in [-0.25, -0.2) is 0 Å². The van der Waals surface area contributed by atoms with Crippen LogP contribution in [0.4, 0.5) is 13.2 Å². The van der Waals surface area contributed by atoms with Crippen molar-refractivity contribution in [1.29, 1.82) is 0 Å². The number of ether oxygens (including phenoxy) is 1. The van der Waals surface area contributed by atoms with E-state index < -0.39 is 18.1 Å². The van der Waals surface area contributed by atoms with E-state index >= 15 is 0 Å². The van der Waals surface area contributed by atoms with Crippen LogP contribution in [0.1, 0.15) is 11.6 Å². The molecule has 1 unspecified atom stereocenters. The zero-order chi connectivity index (χ0) is 16.2. The summed E-state index contributed by atoms with van der Waals surface area (Å²) in [4.78, 5) is 13.6. The van der Waals surface area contributed by atoms with Crippen LogP contribution in [-0.4, -0.2) is 49.8 Å². The third-order valence-corrected chi connectivity index (χ3v) is 3.56. The summed E-state index contributed by atoms with van der Waals surface area (Å²) in [7, 11) is 0. The molecule has 1 amide bonds. The summed E-state index contributed by atoms with van der Waals surface area (Å²) in [6.45, 7) is 1.94. The van der Waals surface area contributed by atoms with Gasteiger partial charge in [-0.1, -0.05) is 23.7 Å². The predicted molar refractivity (Wildman–Crippen MR) is 75.6 cm³/mol. The Kier molecular flexibility index (Phi) is 5.66. The van der Waals surface area contributed by atoms with Crippen LogP contribution in [0, 0.1) is 0 Å². The van der Waals surface area contributed by atoms with Crippen molar-refractivity contribution in [1.82, 2.24) is 10.2 Å². The van der Waals surface area contributed by atoms with E-state index in [0.29, 0.717) is 31.3 Å². The monoisotopic (exact) mass is 336 g/mol. The van der Waals surface area contributed by atoms with E-state index in [9.17, 15) is 18.0 Å². The molecule has 1 saturated heterocycles. The Morgan fingerprint density at radius 3 is 2.41 bits per heavy atom. The Labute approximate surface area is 131 Å². The Morgan fingerprint density at radius 2 is 1.86 bits per heavy atom. The molecule has 0 spiro atoms. The number of hydrogen-bond donors (Lipinski definition) is 1. The lowest BCUT2D eigenvalue weighted by Gasteiger charge is -2.28. The summed E-state index contributed by atoms with van der Waals surface area (Å²) in [5.74, 6) is -0.667. The molecule has 1 fully saturated rings. The second-order valence-corrected chi connectivity index (χ2v) is 5.42. The second kappa shape index (κ2) is 7.30. The molecule has 22 heavy (non-hydrogen) atoms. The van der Waals surface area contributed by atoms with Crippen molar-refractivity contribution in [2.75, 3.05) is 32.8 Å². The van der Waals surface area contributed by atoms with Crippen molar-refractivity contribution in [2.24, 2.45) is 0 Å². The van der Waals surface area contributed by atoms with Crippen molar-refractivity contribution in [3.8, 4) is 0 Å². The molecule has 1 atom stereocenters. The molecule has 1 N–H and O–H groups in total. The van der Waals surface area contributed by atoms with Crippen LogP contribution >= 0.6 is 11.6 Å². The van der Waals surface area contributed by atoms with Gasteiger partial charge in [-0.15, -0.1) is 0 Å². The lowest BCUT2D eigenvalue weighted by Crippen LogP contribution is -2.46. The van der Waals surface area contributed by atoms with E-state index in [0.717, 1.165) is 0 Å². The van der Waals surface area contributed by atoms with E-state index in [4.69, 9.17) is 16.3 Å². The lowest BCUT2D eigenvalue weighted by molar-refractivity contribution is -0.164. The SMILES string of the molecule is O=C(CN1CCOCC1)NC(c1ccc(Cl)cc1)C(F)(F)F. The maximum absolute atomic E-state index is 13.2. The molecular weight excluding hydrogens is 321 g/mol. The van der Waals surface area contributed by atoms with Crippen LogP contribution < -0.4 is 5.32 Å². The molecular formula is C14H16ClF3N2O2. The fraction of sp³-hybridized carbons (Fsp3) is 0.500. The molecule has 0 aliphatic carbocycles. The molecule has 8 heteroatoms. The number of nitrogens with zero attached hydrogens (tertiary/aromatic N) is 1. The maximum atomic E-state index is 13.2. The summed E-state index contributed by atoms with van der Waals surface area (Å²) < 4.78 is 44.6. The van der Waals surface area contributed by atoms with Gasteiger partial charge in [0.2, 0.25) is 5.91 Å². The van der Waals surface area contributed by atoms with Crippen molar-refractivity contribution in [3.63, 3.8) is 0 Å².